The van der Waals surface area contributed by atoms with Crippen molar-refractivity contribution in [2.45, 2.75) is 54.3 Å². The molecule has 0 radical (unpaired) electrons. The van der Waals surface area contributed by atoms with Gasteiger partial charge < -0.3 is 0 Å². The van der Waals surface area contributed by atoms with Crippen LogP contribution in [0.1, 0.15) is 43.5 Å². The number of sulfone groups is 1. The zero-order valence-corrected chi connectivity index (χ0v) is 19.7. The molecule has 1 saturated carbocycles. The summed E-state index contributed by atoms with van der Waals surface area (Å²) >= 11 is 0. The summed E-state index contributed by atoms with van der Waals surface area (Å²) in [6, 6.07) is 6.76. The van der Waals surface area contributed by atoms with Crippen LogP contribution in [0.3, 0.4) is 0 Å². The van der Waals surface area contributed by atoms with E-state index in [0.717, 1.165) is 12.1 Å². The molecule has 0 spiro atoms. The summed E-state index contributed by atoms with van der Waals surface area (Å²) in [4.78, 5) is 7.66. The third-order valence-electron chi connectivity index (χ3n) is 5.55. The van der Waals surface area contributed by atoms with E-state index in [1.54, 1.807) is 6.92 Å². The van der Waals surface area contributed by atoms with Crippen molar-refractivity contribution in [3.63, 3.8) is 0 Å². The van der Waals surface area contributed by atoms with Crippen molar-refractivity contribution in [3.8, 4) is 6.07 Å². The number of nitrogens with zero attached hydrogens (tertiary/aromatic N) is 3. The fourth-order valence-corrected chi connectivity index (χ4v) is 5.13. The quantitative estimate of drug-likeness (QED) is 0.573. The number of alkyl halides is 3. The summed E-state index contributed by atoms with van der Waals surface area (Å²) in [5.41, 5.74) is -4.95. The van der Waals surface area contributed by atoms with Gasteiger partial charge in [0.15, 0.2) is 19.6 Å². The molecule has 2 aromatic rings. The standard InChI is InChI=1S/C21H21F3N4O3S2/c1-4-32(29,30)18-9-15(20(12-25)7-8-20)11-27-19(18)14(3)28-17-10-16(6-5-13(17)2)33(26,31)21(22,23)24/h5-6,9-11,26H,4,7-8H2,1-3H3/b28-14+. The summed E-state index contributed by atoms with van der Waals surface area (Å²) in [5.74, 6) is -0.223. The van der Waals surface area contributed by atoms with Gasteiger partial charge >= 0.3 is 5.51 Å². The maximum atomic E-state index is 13.1. The molecule has 1 fully saturated rings. The molecule has 0 saturated heterocycles. The Hall–Kier alpha value is -2.78. The summed E-state index contributed by atoms with van der Waals surface area (Å²) in [5, 5.41) is 9.44. The van der Waals surface area contributed by atoms with E-state index in [4.69, 9.17) is 4.78 Å². The molecule has 1 aromatic heterocycles. The Kier molecular flexibility index (Phi) is 6.19. The highest BCUT2D eigenvalue weighted by molar-refractivity contribution is 7.93. The van der Waals surface area contributed by atoms with Gasteiger partial charge in [-0.1, -0.05) is 13.0 Å². The highest BCUT2D eigenvalue weighted by Gasteiger charge is 2.46. The van der Waals surface area contributed by atoms with Crippen LogP contribution >= 0.6 is 0 Å². The summed E-state index contributed by atoms with van der Waals surface area (Å²) in [6.07, 6.45) is 2.62. The van der Waals surface area contributed by atoms with Crippen LogP contribution in [-0.2, 0) is 25.0 Å². The molecule has 1 aliphatic rings. The maximum absolute atomic E-state index is 13.1. The fourth-order valence-electron chi connectivity index (χ4n) is 3.22. The number of hydrogen-bond donors (Lipinski definition) is 1. The Labute approximate surface area is 190 Å². The van der Waals surface area contributed by atoms with Crippen LogP contribution < -0.4 is 0 Å². The molecule has 12 heteroatoms. The van der Waals surface area contributed by atoms with E-state index in [0.29, 0.717) is 24.0 Å². The number of aliphatic imine (C=N–C) groups is 1. The average molecular weight is 499 g/mol. The lowest BCUT2D eigenvalue weighted by Crippen LogP contribution is -2.21. The third kappa shape index (κ3) is 4.52. The Morgan fingerprint density at radius 2 is 1.91 bits per heavy atom. The lowest BCUT2D eigenvalue weighted by atomic mass is 9.99. The molecule has 1 unspecified atom stereocenters. The minimum Gasteiger partial charge on any atom is -0.253 e. The second-order valence-electron chi connectivity index (χ2n) is 7.82. The summed E-state index contributed by atoms with van der Waals surface area (Å²) in [6.45, 7) is 4.49. The first-order valence-electron chi connectivity index (χ1n) is 9.84. The molecule has 176 valence electrons. The van der Waals surface area contributed by atoms with Crippen LogP contribution in [0.4, 0.5) is 18.9 Å². The number of benzene rings is 1. The predicted octanol–water partition coefficient (Wildman–Crippen LogP) is 4.80. The monoisotopic (exact) mass is 498 g/mol. The number of pyridine rings is 1. The van der Waals surface area contributed by atoms with Gasteiger partial charge in [-0.05, 0) is 56.0 Å². The van der Waals surface area contributed by atoms with Crippen molar-refractivity contribution in [2.24, 2.45) is 4.99 Å². The van der Waals surface area contributed by atoms with Gasteiger partial charge in [-0.15, -0.1) is 0 Å². The topological polar surface area (TPSA) is 124 Å². The summed E-state index contributed by atoms with van der Waals surface area (Å²) < 4.78 is 84.1. The van der Waals surface area contributed by atoms with E-state index in [1.807, 2.05) is 0 Å². The smallest absolute Gasteiger partial charge is 0.253 e. The van der Waals surface area contributed by atoms with Gasteiger partial charge in [-0.3, -0.25) is 9.98 Å². The van der Waals surface area contributed by atoms with Crippen molar-refractivity contribution in [1.29, 1.82) is 10.0 Å². The normalized spacial score (nSPS) is 17.8. The van der Waals surface area contributed by atoms with Gasteiger partial charge in [0.2, 0.25) is 0 Å². The molecule has 7 nitrogen and oxygen atoms in total. The Morgan fingerprint density at radius 1 is 1.27 bits per heavy atom. The predicted molar refractivity (Wildman–Crippen MR) is 117 cm³/mol. The Morgan fingerprint density at radius 3 is 2.42 bits per heavy atom. The van der Waals surface area contributed by atoms with Gasteiger partial charge in [-0.2, -0.15) is 18.4 Å². The Bertz CT molecular complexity index is 1400. The van der Waals surface area contributed by atoms with Crippen molar-refractivity contribution >= 4 is 31.0 Å². The van der Waals surface area contributed by atoms with E-state index in [9.17, 15) is 31.1 Å². The first kappa shape index (κ1) is 24.9. The highest BCUT2D eigenvalue weighted by atomic mass is 32.2. The molecule has 0 amide bonds. The molecule has 1 aliphatic carbocycles. The Balaban J connectivity index is 2.16. The van der Waals surface area contributed by atoms with E-state index in [1.165, 1.54) is 32.2 Å². The third-order valence-corrected chi connectivity index (χ3v) is 8.86. The second kappa shape index (κ2) is 8.22. The van der Waals surface area contributed by atoms with Crippen LogP contribution in [0.25, 0.3) is 0 Å². The van der Waals surface area contributed by atoms with E-state index >= 15 is 0 Å². The van der Waals surface area contributed by atoms with Crippen LogP contribution in [-0.4, -0.2) is 34.6 Å². The van der Waals surface area contributed by atoms with Crippen molar-refractivity contribution < 1.29 is 25.8 Å². The molecule has 1 N–H and O–H groups in total. The molecule has 1 aromatic carbocycles. The molecule has 33 heavy (non-hydrogen) atoms. The second-order valence-corrected chi connectivity index (χ2v) is 12.1. The minimum atomic E-state index is -5.25. The molecular weight excluding hydrogens is 477 g/mol. The summed E-state index contributed by atoms with van der Waals surface area (Å²) in [7, 11) is -8.85. The van der Waals surface area contributed by atoms with E-state index in [2.05, 4.69) is 16.0 Å². The molecule has 1 atom stereocenters. The van der Waals surface area contributed by atoms with Gasteiger partial charge in [0, 0.05) is 6.20 Å². The van der Waals surface area contributed by atoms with Gasteiger partial charge in [-0.25, -0.2) is 17.4 Å². The largest absolute Gasteiger partial charge is 0.483 e. The van der Waals surface area contributed by atoms with Crippen LogP contribution in [0.15, 0.2) is 45.2 Å². The molecule has 0 aliphatic heterocycles. The fraction of sp³-hybridized carbons (Fsp3) is 0.381. The first-order chi connectivity index (χ1) is 15.2. The van der Waals surface area contributed by atoms with Crippen molar-refractivity contribution in [3.05, 3.63) is 47.3 Å². The lowest BCUT2D eigenvalue weighted by molar-refractivity contribution is -0.0406. The maximum Gasteiger partial charge on any atom is 0.483 e. The van der Waals surface area contributed by atoms with E-state index < -0.39 is 35.4 Å². The van der Waals surface area contributed by atoms with Crippen molar-refractivity contribution in [2.75, 3.05) is 5.75 Å². The number of nitrogens with one attached hydrogen (secondary N) is 1. The highest BCUT2D eigenvalue weighted by Crippen LogP contribution is 2.48. The van der Waals surface area contributed by atoms with Crippen LogP contribution in [0, 0.1) is 23.0 Å². The van der Waals surface area contributed by atoms with Gasteiger partial charge in [0.1, 0.15) is 5.69 Å². The molecule has 3 rings (SSSR count). The molecular formula is C21H21F3N4O3S2. The number of aryl methyl sites for hydroxylation is 1. The average Bonchev–Trinajstić information content (AvgIpc) is 3.55. The SMILES string of the molecule is CCS(=O)(=O)c1cc(C2(C#N)CC2)cnc1/C(C)=N/c1cc(S(=N)(=O)C(F)(F)F)ccc1C. The van der Waals surface area contributed by atoms with Crippen LogP contribution in [0.2, 0.25) is 0 Å². The van der Waals surface area contributed by atoms with Gasteiger partial charge in [0.25, 0.3) is 0 Å². The molecule has 0 bridgehead atoms. The first-order valence-corrected chi connectivity index (χ1v) is 13.1. The number of aromatic nitrogens is 1. The zero-order valence-electron chi connectivity index (χ0n) is 18.0. The van der Waals surface area contributed by atoms with E-state index in [-0.39, 0.29) is 27.7 Å². The molecule has 1 heterocycles. The van der Waals surface area contributed by atoms with Crippen LogP contribution in [0.5, 0.6) is 0 Å². The number of hydrogen-bond acceptors (Lipinski definition) is 7. The minimum absolute atomic E-state index is 0.00985. The van der Waals surface area contributed by atoms with Crippen molar-refractivity contribution in [1.82, 2.24) is 4.98 Å². The van der Waals surface area contributed by atoms with Gasteiger partial charge in [0.05, 0.1) is 38.4 Å². The number of rotatable bonds is 6. The number of halogens is 3. The lowest BCUT2D eigenvalue weighted by Gasteiger charge is -2.14. The zero-order chi connectivity index (χ0) is 24.8. The number of nitriles is 1.